The van der Waals surface area contributed by atoms with E-state index in [0.717, 1.165) is 6.42 Å². The molecule has 1 unspecified atom stereocenters. The second-order valence-corrected chi connectivity index (χ2v) is 7.77. The van der Waals surface area contributed by atoms with Crippen LogP contribution in [0.25, 0.3) is 38.2 Å². The van der Waals surface area contributed by atoms with Gasteiger partial charge in [0.25, 0.3) is 0 Å². The van der Waals surface area contributed by atoms with Crippen LogP contribution in [-0.2, 0) is 0 Å². The Hall–Kier alpha value is -3.30. The van der Waals surface area contributed by atoms with Gasteiger partial charge < -0.3 is 0 Å². The highest BCUT2D eigenvalue weighted by molar-refractivity contribution is 6.19. The van der Waals surface area contributed by atoms with Gasteiger partial charge in [-0.05, 0) is 45.5 Å². The highest BCUT2D eigenvalue weighted by Crippen LogP contribution is 2.42. The van der Waals surface area contributed by atoms with E-state index < -0.39 is 0 Å². The van der Waals surface area contributed by atoms with Crippen LogP contribution >= 0.6 is 0 Å². The summed E-state index contributed by atoms with van der Waals surface area (Å²) in [6.45, 7) is 4.41. The highest BCUT2D eigenvalue weighted by Gasteiger charge is 2.18. The van der Waals surface area contributed by atoms with Crippen molar-refractivity contribution in [2.75, 3.05) is 0 Å². The molecule has 0 N–H and O–H groups in total. The van der Waals surface area contributed by atoms with Gasteiger partial charge in [-0.15, -0.1) is 0 Å². The van der Waals surface area contributed by atoms with Gasteiger partial charge in [0.15, 0.2) is 0 Å². The zero-order chi connectivity index (χ0) is 19.1. The van der Waals surface area contributed by atoms with Crippen LogP contribution in [0, 0.1) is 24.7 Å². The SMILES string of the molecule is Cc1cccc(-c2c3ccccc3c(C3=CC(C)CC#C3)c3ccccc23)c1. The molecule has 0 saturated carbocycles. The van der Waals surface area contributed by atoms with Crippen molar-refractivity contribution in [3.05, 3.63) is 90.0 Å². The maximum Gasteiger partial charge on any atom is 0.0293 e. The van der Waals surface area contributed by atoms with E-state index in [9.17, 15) is 0 Å². The predicted octanol–water partition coefficient (Wildman–Crippen LogP) is 7.40. The van der Waals surface area contributed by atoms with Gasteiger partial charge in [-0.1, -0.05) is 103 Å². The summed E-state index contributed by atoms with van der Waals surface area (Å²) < 4.78 is 0. The van der Waals surface area contributed by atoms with Gasteiger partial charge in [0.2, 0.25) is 0 Å². The summed E-state index contributed by atoms with van der Waals surface area (Å²) in [5.74, 6) is 7.27. The van der Waals surface area contributed by atoms with Gasteiger partial charge in [0.1, 0.15) is 0 Å². The first-order chi connectivity index (χ1) is 13.7. The van der Waals surface area contributed by atoms with Crippen LogP contribution in [0.1, 0.15) is 24.5 Å². The van der Waals surface area contributed by atoms with Crippen molar-refractivity contribution in [1.29, 1.82) is 0 Å². The lowest BCUT2D eigenvalue weighted by Gasteiger charge is -2.19. The van der Waals surface area contributed by atoms with Gasteiger partial charge in [-0.2, -0.15) is 0 Å². The molecule has 28 heavy (non-hydrogen) atoms. The van der Waals surface area contributed by atoms with E-state index in [0.29, 0.717) is 5.92 Å². The number of fused-ring (bicyclic) bond motifs is 2. The van der Waals surface area contributed by atoms with Gasteiger partial charge in [0, 0.05) is 17.6 Å². The molecule has 0 heteroatoms. The first kappa shape index (κ1) is 16.8. The third kappa shape index (κ3) is 2.72. The van der Waals surface area contributed by atoms with Crippen molar-refractivity contribution in [3.8, 4) is 23.0 Å². The largest absolute Gasteiger partial charge is 0.0973 e. The first-order valence-corrected chi connectivity index (χ1v) is 9.94. The minimum atomic E-state index is 0.491. The summed E-state index contributed by atoms with van der Waals surface area (Å²) in [6, 6.07) is 26.4. The molecule has 0 spiro atoms. The normalized spacial score (nSPS) is 15.9. The number of hydrogen-bond acceptors (Lipinski definition) is 0. The highest BCUT2D eigenvalue weighted by atomic mass is 14.2. The molecule has 4 aromatic rings. The van der Waals surface area contributed by atoms with E-state index in [1.165, 1.54) is 49.4 Å². The van der Waals surface area contributed by atoms with Gasteiger partial charge in [-0.3, -0.25) is 0 Å². The predicted molar refractivity (Wildman–Crippen MR) is 121 cm³/mol. The van der Waals surface area contributed by atoms with Gasteiger partial charge in [0.05, 0.1) is 0 Å². The maximum absolute atomic E-state index is 3.43. The Morgan fingerprint density at radius 3 is 1.93 bits per heavy atom. The number of allylic oxidation sites excluding steroid dienone is 2. The Labute approximate surface area is 166 Å². The fourth-order valence-corrected chi connectivity index (χ4v) is 4.37. The third-order valence-corrected chi connectivity index (χ3v) is 5.61. The molecule has 5 rings (SSSR count). The van der Waals surface area contributed by atoms with Crippen molar-refractivity contribution < 1.29 is 0 Å². The third-order valence-electron chi connectivity index (χ3n) is 5.61. The monoisotopic (exact) mass is 358 g/mol. The first-order valence-electron chi connectivity index (χ1n) is 9.94. The van der Waals surface area contributed by atoms with Crippen LogP contribution in [-0.4, -0.2) is 0 Å². The van der Waals surface area contributed by atoms with Crippen molar-refractivity contribution in [2.24, 2.45) is 5.92 Å². The topological polar surface area (TPSA) is 0 Å². The second-order valence-electron chi connectivity index (χ2n) is 7.77. The molecule has 0 radical (unpaired) electrons. The minimum absolute atomic E-state index is 0.491. The molecule has 1 aliphatic carbocycles. The Bertz CT molecular complexity index is 1250. The molecule has 4 aromatic carbocycles. The fourth-order valence-electron chi connectivity index (χ4n) is 4.37. The van der Waals surface area contributed by atoms with Crippen LogP contribution in [0.5, 0.6) is 0 Å². The van der Waals surface area contributed by atoms with Crippen molar-refractivity contribution in [2.45, 2.75) is 20.3 Å². The summed E-state index contributed by atoms with van der Waals surface area (Å²) in [5, 5.41) is 5.16. The second kappa shape index (κ2) is 6.70. The summed E-state index contributed by atoms with van der Waals surface area (Å²) in [4.78, 5) is 0. The Balaban J connectivity index is 1.97. The zero-order valence-corrected chi connectivity index (χ0v) is 16.3. The molecule has 0 heterocycles. The number of hydrogen-bond donors (Lipinski definition) is 0. The molecule has 1 aliphatic rings. The van der Waals surface area contributed by atoms with Crippen LogP contribution < -0.4 is 0 Å². The molecule has 0 nitrogen and oxygen atoms in total. The molecule has 1 atom stereocenters. The summed E-state index contributed by atoms with van der Waals surface area (Å²) in [7, 11) is 0. The van der Waals surface area contributed by atoms with E-state index in [4.69, 9.17) is 0 Å². The molecule has 0 aromatic heterocycles. The summed E-state index contributed by atoms with van der Waals surface area (Å²) in [6.07, 6.45) is 3.29. The fraction of sp³-hybridized carbons (Fsp3) is 0.143. The lowest BCUT2D eigenvalue weighted by Crippen LogP contribution is -1.98. The van der Waals surface area contributed by atoms with Crippen molar-refractivity contribution in [1.82, 2.24) is 0 Å². The minimum Gasteiger partial charge on any atom is -0.0973 e. The molecule has 0 saturated heterocycles. The lowest BCUT2D eigenvalue weighted by atomic mass is 9.84. The van der Waals surface area contributed by atoms with E-state index in [2.05, 4.69) is 105 Å². The standard InChI is InChI=1S/C28H22/c1-19-9-7-11-21(17-19)27-23-13-3-5-15-25(23)28(22-12-8-10-20(2)18-22)26-16-6-4-14-24(26)27/h3-7,9,11,13-18,20H,10H2,1-2H3. The number of benzene rings is 4. The van der Waals surface area contributed by atoms with E-state index >= 15 is 0 Å². The molecular formula is C28H22. The van der Waals surface area contributed by atoms with Crippen LogP contribution in [0.4, 0.5) is 0 Å². The van der Waals surface area contributed by atoms with E-state index in [-0.39, 0.29) is 0 Å². The molecular weight excluding hydrogens is 336 g/mol. The average Bonchev–Trinajstić information content (AvgIpc) is 2.72. The summed E-state index contributed by atoms with van der Waals surface area (Å²) >= 11 is 0. The van der Waals surface area contributed by atoms with Crippen LogP contribution in [0.15, 0.2) is 78.9 Å². The molecule has 0 fully saturated rings. The quantitative estimate of drug-likeness (QED) is 0.259. The molecule has 0 amide bonds. The van der Waals surface area contributed by atoms with Crippen molar-refractivity contribution in [3.63, 3.8) is 0 Å². The average molecular weight is 358 g/mol. The summed E-state index contributed by atoms with van der Waals surface area (Å²) in [5.41, 5.74) is 6.32. The van der Waals surface area contributed by atoms with Gasteiger partial charge in [-0.25, -0.2) is 0 Å². The molecule has 0 bridgehead atoms. The van der Waals surface area contributed by atoms with Gasteiger partial charge >= 0.3 is 0 Å². The lowest BCUT2D eigenvalue weighted by molar-refractivity contribution is 0.758. The molecule has 0 aliphatic heterocycles. The molecule has 134 valence electrons. The Morgan fingerprint density at radius 2 is 1.36 bits per heavy atom. The Morgan fingerprint density at radius 1 is 0.750 bits per heavy atom. The smallest absolute Gasteiger partial charge is 0.0293 e. The van der Waals surface area contributed by atoms with Crippen LogP contribution in [0.3, 0.4) is 0 Å². The van der Waals surface area contributed by atoms with E-state index in [1.54, 1.807) is 0 Å². The van der Waals surface area contributed by atoms with Crippen LogP contribution in [0.2, 0.25) is 0 Å². The Kier molecular flexibility index (Phi) is 4.03. The number of rotatable bonds is 2. The number of aryl methyl sites for hydroxylation is 1. The maximum atomic E-state index is 3.43. The zero-order valence-electron chi connectivity index (χ0n) is 16.3. The van der Waals surface area contributed by atoms with E-state index in [1.807, 2.05) is 0 Å². The van der Waals surface area contributed by atoms with Crippen molar-refractivity contribution >= 4 is 27.1 Å².